The van der Waals surface area contributed by atoms with Crippen LogP contribution in [0.1, 0.15) is 62.9 Å². The van der Waals surface area contributed by atoms with Gasteiger partial charge in [-0.2, -0.15) is 4.31 Å². The second-order valence-corrected chi connectivity index (χ2v) is 13.3. The number of nitrogens with zero attached hydrogens (tertiary/aromatic N) is 1. The normalized spacial score (nSPS) is 19.2. The molecule has 39 heavy (non-hydrogen) atoms. The van der Waals surface area contributed by atoms with E-state index in [1.807, 2.05) is 23.4 Å². The number of fused-ring (bicyclic) bond motifs is 2. The number of hydrogen-bond donors (Lipinski definition) is 0. The molecule has 1 aliphatic heterocycles. The lowest BCUT2D eigenvalue weighted by atomic mass is 9.80. The molecule has 0 N–H and O–H groups in total. The maximum atomic E-state index is 14.5. The molecule has 0 bridgehead atoms. The Kier molecular flexibility index (Phi) is 6.16. The maximum absolute atomic E-state index is 14.5. The van der Waals surface area contributed by atoms with E-state index < -0.39 is 15.6 Å². The van der Waals surface area contributed by atoms with E-state index in [-0.39, 0.29) is 0 Å². The van der Waals surface area contributed by atoms with E-state index in [9.17, 15) is 8.42 Å². The average Bonchev–Trinajstić information content (AvgIpc) is 3.44. The molecular formula is C35H35NO2S. The van der Waals surface area contributed by atoms with Crippen molar-refractivity contribution in [2.45, 2.75) is 57.9 Å². The van der Waals surface area contributed by atoms with E-state index in [2.05, 4.69) is 88.4 Å². The van der Waals surface area contributed by atoms with Crippen molar-refractivity contribution < 1.29 is 8.42 Å². The van der Waals surface area contributed by atoms with Crippen molar-refractivity contribution in [3.63, 3.8) is 0 Å². The molecule has 0 unspecified atom stereocenters. The summed E-state index contributed by atoms with van der Waals surface area (Å²) in [5.41, 5.74) is 11.7. The highest BCUT2D eigenvalue weighted by atomic mass is 32.2. The molecule has 1 aliphatic carbocycles. The zero-order chi connectivity index (χ0) is 27.5. The van der Waals surface area contributed by atoms with E-state index in [0.29, 0.717) is 11.4 Å². The third kappa shape index (κ3) is 4.09. The zero-order valence-corrected chi connectivity index (χ0v) is 24.2. The fourth-order valence-electron chi connectivity index (χ4n) is 6.93. The average molecular weight is 534 g/mol. The predicted molar refractivity (Wildman–Crippen MR) is 160 cm³/mol. The molecule has 1 atom stereocenters. The lowest BCUT2D eigenvalue weighted by Crippen LogP contribution is -2.44. The van der Waals surface area contributed by atoms with Crippen LogP contribution in [-0.2, 0) is 15.6 Å². The lowest BCUT2D eigenvalue weighted by molar-refractivity contribution is 0.324. The molecule has 0 radical (unpaired) electrons. The molecule has 4 heteroatoms. The van der Waals surface area contributed by atoms with E-state index in [0.717, 1.165) is 51.8 Å². The van der Waals surface area contributed by atoms with Gasteiger partial charge in [0.05, 0.1) is 10.4 Å². The van der Waals surface area contributed by atoms with Crippen LogP contribution in [0.3, 0.4) is 0 Å². The summed E-state index contributed by atoms with van der Waals surface area (Å²) in [5, 5.41) is 0. The van der Waals surface area contributed by atoms with Crippen LogP contribution in [0.2, 0.25) is 0 Å². The molecular weight excluding hydrogens is 498 g/mol. The molecule has 0 saturated carbocycles. The Balaban J connectivity index is 1.72. The van der Waals surface area contributed by atoms with Crippen molar-refractivity contribution in [1.82, 2.24) is 4.31 Å². The fourth-order valence-corrected chi connectivity index (χ4v) is 8.73. The summed E-state index contributed by atoms with van der Waals surface area (Å²) in [6, 6.07) is 29.1. The number of hydrogen-bond acceptors (Lipinski definition) is 2. The van der Waals surface area contributed by atoms with Gasteiger partial charge in [-0.25, -0.2) is 8.42 Å². The SMILES string of the molecule is Cc1ccc(S(=O)(=O)N2CCC[C@@]23C(c2cc(C)cc(C)c2)=C(c2cc(C)cc(C)c2)c2ccccc23)cc1. The minimum atomic E-state index is -3.77. The minimum absolute atomic E-state index is 0.353. The highest BCUT2D eigenvalue weighted by Gasteiger charge is 2.56. The molecule has 2 aliphatic rings. The second-order valence-electron chi connectivity index (χ2n) is 11.4. The van der Waals surface area contributed by atoms with E-state index in [1.54, 1.807) is 12.1 Å². The quantitative estimate of drug-likeness (QED) is 0.268. The van der Waals surface area contributed by atoms with Crippen LogP contribution in [0.25, 0.3) is 11.1 Å². The van der Waals surface area contributed by atoms with Crippen molar-refractivity contribution in [3.8, 4) is 0 Å². The summed E-state index contributed by atoms with van der Waals surface area (Å²) in [6.45, 7) is 11.0. The van der Waals surface area contributed by atoms with Crippen molar-refractivity contribution >= 4 is 21.2 Å². The third-order valence-corrected chi connectivity index (χ3v) is 10.2. The molecule has 1 fully saturated rings. The number of aryl methyl sites for hydroxylation is 5. The Morgan fingerprint density at radius 1 is 0.667 bits per heavy atom. The largest absolute Gasteiger partial charge is 0.244 e. The monoisotopic (exact) mass is 533 g/mol. The van der Waals surface area contributed by atoms with Crippen LogP contribution >= 0.6 is 0 Å². The Hall–Kier alpha value is -3.47. The van der Waals surface area contributed by atoms with Gasteiger partial charge in [-0.3, -0.25) is 0 Å². The van der Waals surface area contributed by atoms with Crippen LogP contribution in [0.15, 0.2) is 89.8 Å². The van der Waals surface area contributed by atoms with Crippen LogP contribution in [-0.4, -0.2) is 19.3 Å². The van der Waals surface area contributed by atoms with Crippen molar-refractivity contribution in [3.05, 3.63) is 135 Å². The van der Waals surface area contributed by atoms with Crippen molar-refractivity contribution in [1.29, 1.82) is 0 Å². The zero-order valence-electron chi connectivity index (χ0n) is 23.4. The first-order valence-corrected chi connectivity index (χ1v) is 15.2. The highest BCUT2D eigenvalue weighted by Crippen LogP contribution is 2.60. The first-order valence-electron chi connectivity index (χ1n) is 13.7. The molecule has 0 amide bonds. The van der Waals surface area contributed by atoms with E-state index in [4.69, 9.17) is 0 Å². The van der Waals surface area contributed by atoms with Gasteiger partial charge in [0.2, 0.25) is 10.0 Å². The summed E-state index contributed by atoms with van der Waals surface area (Å²) < 4.78 is 30.8. The lowest BCUT2D eigenvalue weighted by Gasteiger charge is -2.38. The smallest absolute Gasteiger partial charge is 0.207 e. The standard InChI is InChI=1S/C35H35NO2S/c1-23-11-13-30(14-12-23)39(37,38)36-16-8-15-35(36)32-10-7-6-9-31(32)33(28-19-24(2)17-25(3)20-28)34(35)29-21-26(4)18-27(5)22-29/h6-7,9-14,17-22H,8,15-16H2,1-5H3/t35-/m1/s1. The van der Waals surface area contributed by atoms with Gasteiger partial charge in [-0.05, 0) is 93.0 Å². The Bertz CT molecular complexity index is 1710. The third-order valence-electron chi connectivity index (χ3n) is 8.26. The van der Waals surface area contributed by atoms with Gasteiger partial charge in [-0.1, -0.05) is 101 Å². The van der Waals surface area contributed by atoms with Gasteiger partial charge in [0.1, 0.15) is 0 Å². The summed E-state index contributed by atoms with van der Waals surface area (Å²) >= 11 is 0. The van der Waals surface area contributed by atoms with E-state index in [1.165, 1.54) is 22.3 Å². The van der Waals surface area contributed by atoms with Crippen LogP contribution in [0, 0.1) is 34.6 Å². The molecule has 1 spiro atoms. The Labute approximate surface area is 232 Å². The van der Waals surface area contributed by atoms with Gasteiger partial charge < -0.3 is 0 Å². The molecule has 1 heterocycles. The number of sulfonamides is 1. The second kappa shape index (κ2) is 9.32. The van der Waals surface area contributed by atoms with E-state index >= 15 is 0 Å². The molecule has 4 aromatic carbocycles. The fraction of sp³-hybridized carbons (Fsp3) is 0.257. The number of rotatable bonds is 4. The summed E-state index contributed by atoms with van der Waals surface area (Å²) in [6.07, 6.45) is 1.54. The summed E-state index contributed by atoms with van der Waals surface area (Å²) in [5.74, 6) is 0. The Morgan fingerprint density at radius 2 is 1.23 bits per heavy atom. The molecule has 198 valence electrons. The molecule has 6 rings (SSSR count). The molecule has 0 aromatic heterocycles. The first-order chi connectivity index (χ1) is 18.6. The number of benzene rings is 4. The van der Waals surface area contributed by atoms with Crippen LogP contribution in [0.4, 0.5) is 0 Å². The van der Waals surface area contributed by atoms with Gasteiger partial charge >= 0.3 is 0 Å². The predicted octanol–water partition coefficient (Wildman–Crippen LogP) is 7.88. The highest BCUT2D eigenvalue weighted by molar-refractivity contribution is 7.89. The molecule has 4 aromatic rings. The maximum Gasteiger partial charge on any atom is 0.244 e. The van der Waals surface area contributed by atoms with Crippen LogP contribution < -0.4 is 0 Å². The topological polar surface area (TPSA) is 37.4 Å². The van der Waals surface area contributed by atoms with Gasteiger partial charge in [0.25, 0.3) is 0 Å². The molecule has 1 saturated heterocycles. The summed E-state index contributed by atoms with van der Waals surface area (Å²) in [7, 11) is -3.77. The van der Waals surface area contributed by atoms with Crippen molar-refractivity contribution in [2.75, 3.05) is 6.54 Å². The van der Waals surface area contributed by atoms with Gasteiger partial charge in [0.15, 0.2) is 0 Å². The van der Waals surface area contributed by atoms with Crippen LogP contribution in [0.5, 0.6) is 0 Å². The Morgan fingerprint density at radius 3 is 1.85 bits per heavy atom. The van der Waals surface area contributed by atoms with Crippen molar-refractivity contribution in [2.24, 2.45) is 0 Å². The first kappa shape index (κ1) is 25.8. The minimum Gasteiger partial charge on any atom is -0.207 e. The van der Waals surface area contributed by atoms with Gasteiger partial charge in [0, 0.05) is 6.54 Å². The summed E-state index contributed by atoms with van der Waals surface area (Å²) in [4.78, 5) is 0.353. The molecule has 3 nitrogen and oxygen atoms in total. The van der Waals surface area contributed by atoms with Gasteiger partial charge in [-0.15, -0.1) is 0 Å².